The van der Waals surface area contributed by atoms with Crippen molar-refractivity contribution in [3.8, 4) is 10.6 Å². The van der Waals surface area contributed by atoms with Gasteiger partial charge < -0.3 is 5.32 Å². The number of hydrogen-bond acceptors (Lipinski definition) is 6. The molecule has 3 aromatic rings. The summed E-state index contributed by atoms with van der Waals surface area (Å²) in [7, 11) is -3.06. The lowest BCUT2D eigenvalue weighted by Gasteiger charge is -2.11. The van der Waals surface area contributed by atoms with Crippen molar-refractivity contribution in [2.45, 2.75) is 38.3 Å². The van der Waals surface area contributed by atoms with E-state index in [4.69, 9.17) is 4.98 Å². The van der Waals surface area contributed by atoms with Crippen LogP contribution in [0.1, 0.15) is 41.4 Å². The van der Waals surface area contributed by atoms with Gasteiger partial charge >= 0.3 is 0 Å². The average molecular weight is 417 g/mol. The predicted octanol–water partition coefficient (Wildman–Crippen LogP) is 2.72. The number of nitrogens with one attached hydrogen (secondary N) is 1. The summed E-state index contributed by atoms with van der Waals surface area (Å²) in [5.41, 5.74) is 2.56. The number of fused-ring (bicyclic) bond motifs is 1. The third-order valence-corrected chi connectivity index (χ3v) is 7.96. The molecule has 2 fully saturated rings. The summed E-state index contributed by atoms with van der Waals surface area (Å²) in [5, 5.41) is 10.3. The van der Waals surface area contributed by atoms with Crippen molar-refractivity contribution in [2.24, 2.45) is 0 Å². The number of carbonyl (C=O) groups is 1. The van der Waals surface area contributed by atoms with Gasteiger partial charge in [-0.3, -0.25) is 4.79 Å². The highest BCUT2D eigenvalue weighted by Crippen LogP contribution is 2.33. The Labute approximate surface area is 166 Å². The molecule has 1 amide bonds. The zero-order chi connectivity index (χ0) is 19.5. The number of rotatable bonds is 4. The van der Waals surface area contributed by atoms with E-state index in [1.165, 1.54) is 0 Å². The average Bonchev–Trinajstić information content (AvgIpc) is 3.06. The molecule has 3 aromatic heterocycles. The standard InChI is InChI=1S/C19H20N4O3S2/c1-11-17-14(19(24)20-12-4-5-12)9-15(16-3-2-7-27-16)21-18(17)23(22-11)13-6-8-28(25,26)10-13/h2-3,7,9,12-13H,4-6,8,10H2,1H3,(H,20,24). The molecule has 0 spiro atoms. The number of hydrogen-bond donors (Lipinski definition) is 1. The summed E-state index contributed by atoms with van der Waals surface area (Å²) in [6, 6.07) is 5.75. The Balaban J connectivity index is 1.70. The maximum Gasteiger partial charge on any atom is 0.252 e. The first-order valence-corrected chi connectivity index (χ1v) is 12.1. The summed E-state index contributed by atoms with van der Waals surface area (Å²) in [6.45, 7) is 1.85. The molecule has 9 heteroatoms. The van der Waals surface area contributed by atoms with Crippen LogP contribution in [0.5, 0.6) is 0 Å². The van der Waals surface area contributed by atoms with E-state index in [2.05, 4.69) is 10.4 Å². The maximum absolute atomic E-state index is 12.9. The van der Waals surface area contributed by atoms with Gasteiger partial charge in [0, 0.05) is 6.04 Å². The second-order valence-corrected chi connectivity index (χ2v) is 10.7. The number of carbonyl (C=O) groups excluding carboxylic acids is 1. The van der Waals surface area contributed by atoms with E-state index in [0.29, 0.717) is 34.4 Å². The van der Waals surface area contributed by atoms with Crippen molar-refractivity contribution < 1.29 is 13.2 Å². The molecular weight excluding hydrogens is 396 g/mol. The van der Waals surface area contributed by atoms with E-state index >= 15 is 0 Å². The summed E-state index contributed by atoms with van der Waals surface area (Å²) in [5.74, 6) is 0.115. The first-order chi connectivity index (χ1) is 13.4. The van der Waals surface area contributed by atoms with Gasteiger partial charge in [-0.2, -0.15) is 5.10 Å². The van der Waals surface area contributed by atoms with E-state index in [9.17, 15) is 13.2 Å². The molecule has 4 heterocycles. The molecule has 146 valence electrons. The molecule has 5 rings (SSSR count). The van der Waals surface area contributed by atoms with Crippen molar-refractivity contribution in [2.75, 3.05) is 11.5 Å². The fraction of sp³-hybridized carbons (Fsp3) is 0.421. The van der Waals surface area contributed by atoms with Crippen molar-refractivity contribution in [3.05, 3.63) is 34.8 Å². The molecule has 0 bridgehead atoms. The monoisotopic (exact) mass is 416 g/mol. The van der Waals surface area contributed by atoms with Crippen LogP contribution in [0, 0.1) is 6.92 Å². The van der Waals surface area contributed by atoms with Crippen LogP contribution in [0.3, 0.4) is 0 Å². The van der Waals surface area contributed by atoms with E-state index in [-0.39, 0.29) is 29.5 Å². The highest BCUT2D eigenvalue weighted by Gasteiger charge is 2.33. The SMILES string of the molecule is Cc1nn(C2CCS(=O)(=O)C2)c2nc(-c3cccs3)cc(C(=O)NC3CC3)c12. The van der Waals surface area contributed by atoms with Crippen molar-refractivity contribution in [1.29, 1.82) is 0 Å². The minimum absolute atomic E-state index is 0.0672. The zero-order valence-electron chi connectivity index (χ0n) is 15.4. The largest absolute Gasteiger partial charge is 0.349 e. The molecule has 1 unspecified atom stereocenters. The van der Waals surface area contributed by atoms with Crippen molar-refractivity contribution in [1.82, 2.24) is 20.1 Å². The number of aromatic nitrogens is 3. The number of sulfone groups is 1. The molecule has 1 aliphatic carbocycles. The van der Waals surface area contributed by atoms with Crippen LogP contribution in [0.2, 0.25) is 0 Å². The number of pyridine rings is 1. The number of amides is 1. The minimum Gasteiger partial charge on any atom is -0.349 e. The van der Waals surface area contributed by atoms with Gasteiger partial charge in [-0.05, 0) is 43.7 Å². The highest BCUT2D eigenvalue weighted by atomic mass is 32.2. The van der Waals surface area contributed by atoms with Gasteiger partial charge in [0.25, 0.3) is 5.91 Å². The lowest BCUT2D eigenvalue weighted by atomic mass is 10.1. The normalized spacial score (nSPS) is 21.2. The topological polar surface area (TPSA) is 93.9 Å². The third kappa shape index (κ3) is 3.12. The van der Waals surface area contributed by atoms with Crippen LogP contribution in [0.25, 0.3) is 21.6 Å². The Hall–Kier alpha value is -2.26. The summed E-state index contributed by atoms with van der Waals surface area (Å²) >= 11 is 1.56. The van der Waals surface area contributed by atoms with Crippen molar-refractivity contribution >= 4 is 38.1 Å². The molecule has 1 atom stereocenters. The first-order valence-electron chi connectivity index (χ1n) is 9.36. The van der Waals surface area contributed by atoms with Gasteiger partial charge in [0.2, 0.25) is 0 Å². The third-order valence-electron chi connectivity index (χ3n) is 5.32. The lowest BCUT2D eigenvalue weighted by molar-refractivity contribution is 0.0952. The molecule has 0 aromatic carbocycles. The fourth-order valence-electron chi connectivity index (χ4n) is 3.76. The number of thiophene rings is 1. The quantitative estimate of drug-likeness (QED) is 0.706. The van der Waals surface area contributed by atoms with Gasteiger partial charge in [0.15, 0.2) is 15.5 Å². The Morgan fingerprint density at radius 3 is 2.79 bits per heavy atom. The van der Waals surface area contributed by atoms with Crippen LogP contribution in [0.4, 0.5) is 0 Å². The van der Waals surface area contributed by atoms with Gasteiger partial charge in [-0.25, -0.2) is 18.1 Å². The predicted molar refractivity (Wildman–Crippen MR) is 108 cm³/mol. The van der Waals surface area contributed by atoms with Crippen LogP contribution >= 0.6 is 11.3 Å². The van der Waals surface area contributed by atoms with Crippen LogP contribution in [-0.2, 0) is 9.84 Å². The highest BCUT2D eigenvalue weighted by molar-refractivity contribution is 7.91. The molecule has 2 aliphatic rings. The smallest absolute Gasteiger partial charge is 0.252 e. The van der Waals surface area contributed by atoms with Crippen molar-refractivity contribution in [3.63, 3.8) is 0 Å². The van der Waals surface area contributed by atoms with E-state index < -0.39 is 9.84 Å². The van der Waals surface area contributed by atoms with E-state index in [0.717, 1.165) is 17.7 Å². The molecule has 1 N–H and O–H groups in total. The molecule has 7 nitrogen and oxygen atoms in total. The summed E-state index contributed by atoms with van der Waals surface area (Å²) in [6.07, 6.45) is 2.54. The van der Waals surface area contributed by atoms with E-state index in [1.807, 2.05) is 30.5 Å². The second-order valence-electron chi connectivity index (χ2n) is 7.57. The van der Waals surface area contributed by atoms with Crippen LogP contribution in [-0.4, -0.2) is 46.6 Å². The molecule has 28 heavy (non-hydrogen) atoms. The van der Waals surface area contributed by atoms with Gasteiger partial charge in [-0.1, -0.05) is 6.07 Å². The lowest BCUT2D eigenvalue weighted by Crippen LogP contribution is -2.25. The number of nitrogens with zero attached hydrogens (tertiary/aromatic N) is 3. The Morgan fingerprint density at radius 1 is 1.32 bits per heavy atom. The van der Waals surface area contributed by atoms with E-state index in [1.54, 1.807) is 16.0 Å². The summed E-state index contributed by atoms with van der Waals surface area (Å²) in [4.78, 5) is 18.7. The Kier molecular flexibility index (Phi) is 4.06. The fourth-order valence-corrected chi connectivity index (χ4v) is 6.13. The molecule has 0 radical (unpaired) electrons. The van der Waals surface area contributed by atoms with Gasteiger partial charge in [-0.15, -0.1) is 11.3 Å². The molecule has 1 saturated heterocycles. The minimum atomic E-state index is -3.06. The second kappa shape index (κ2) is 6.38. The molecule has 1 aliphatic heterocycles. The van der Waals surface area contributed by atoms with Gasteiger partial charge in [0.1, 0.15) is 0 Å². The maximum atomic E-state index is 12.9. The molecule has 1 saturated carbocycles. The van der Waals surface area contributed by atoms with Gasteiger partial charge in [0.05, 0.1) is 44.8 Å². The zero-order valence-corrected chi connectivity index (χ0v) is 17.0. The molecular formula is C19H20N4O3S2. The number of aryl methyl sites for hydroxylation is 1. The van der Waals surface area contributed by atoms with Crippen LogP contribution in [0.15, 0.2) is 23.6 Å². The Morgan fingerprint density at radius 2 is 2.14 bits per heavy atom. The summed E-state index contributed by atoms with van der Waals surface area (Å²) < 4.78 is 25.7. The first kappa shape index (κ1) is 17.8. The van der Waals surface area contributed by atoms with Crippen LogP contribution < -0.4 is 5.32 Å². The Bertz CT molecular complexity index is 1180.